The zero-order valence-corrected chi connectivity index (χ0v) is 36.1. The summed E-state index contributed by atoms with van der Waals surface area (Å²) >= 11 is -0.218. The number of likely N-dealkylation sites (N-methyl/N-ethyl adjacent to an activating group) is 1. The number of rotatable bonds is 14. The van der Waals surface area contributed by atoms with Crippen LogP contribution in [0.25, 0.3) is 32.4 Å². The van der Waals surface area contributed by atoms with Crippen molar-refractivity contribution in [1.82, 2.24) is 48.8 Å². The van der Waals surface area contributed by atoms with Gasteiger partial charge < -0.3 is 15.3 Å². The predicted molar refractivity (Wildman–Crippen MR) is 230 cm³/mol. The Balaban J connectivity index is 0.906. The molecule has 1 amide bonds. The first-order valence-electron chi connectivity index (χ1n) is 18.8. The molecule has 1 aliphatic rings. The molecular weight excluding hydrogens is 871 g/mol. The smallest absolute Gasteiger partial charge is 0.317 e. The minimum atomic E-state index is -3.93. The highest BCUT2D eigenvalue weighted by Crippen LogP contribution is 2.26. The maximum absolute atomic E-state index is 13.4. The maximum atomic E-state index is 13.4. The number of hydrogen-bond donors (Lipinski definition) is 5. The third kappa shape index (κ3) is 12.1. The van der Waals surface area contributed by atoms with Crippen molar-refractivity contribution < 1.29 is 36.7 Å². The first-order valence-corrected chi connectivity index (χ1v) is 23.1. The molecule has 6 aromatic rings. The van der Waals surface area contributed by atoms with E-state index in [4.69, 9.17) is 9.69 Å². The number of ketones is 1. The molecule has 5 heterocycles. The fraction of sp³-hybridized carbons (Fsp3) is 0.361. The van der Waals surface area contributed by atoms with E-state index in [2.05, 4.69) is 40.0 Å². The summed E-state index contributed by atoms with van der Waals surface area (Å²) in [6.45, 7) is 4.39. The van der Waals surface area contributed by atoms with Crippen LogP contribution in [0.3, 0.4) is 0 Å². The molecule has 1 unspecified atom stereocenters. The number of amides is 1. The lowest BCUT2D eigenvalue weighted by Crippen LogP contribution is -2.48. The van der Waals surface area contributed by atoms with E-state index >= 15 is 0 Å². The molecule has 1 saturated heterocycles. The summed E-state index contributed by atoms with van der Waals surface area (Å²) in [7, 11) is -1.94. The normalized spacial score (nSPS) is 16.3. The van der Waals surface area contributed by atoms with Gasteiger partial charge in [0.15, 0.2) is 5.78 Å². The summed E-state index contributed by atoms with van der Waals surface area (Å²) in [6.07, 6.45) is 3.55. The highest BCUT2D eigenvalue weighted by molar-refractivity contribution is 7.91. The van der Waals surface area contributed by atoms with E-state index in [0.717, 1.165) is 39.4 Å². The minimum absolute atomic E-state index is 0.0341. The van der Waals surface area contributed by atoms with E-state index in [0.29, 0.717) is 79.4 Å². The number of carbonyl (C=O) groups is 3. The van der Waals surface area contributed by atoms with Crippen LogP contribution in [-0.2, 0) is 42.1 Å². The molecule has 6 N–H and O–H groups in total. The Labute approximate surface area is 360 Å². The lowest BCUT2D eigenvalue weighted by molar-refractivity contribution is -0.138. The van der Waals surface area contributed by atoms with Crippen molar-refractivity contribution in [2.45, 2.75) is 10.8 Å². The number of sulfonamides is 1. The molecule has 25 heteroatoms. The third-order valence-corrected chi connectivity index (χ3v) is 13.4. The highest BCUT2D eigenvalue weighted by atomic mass is 32.2. The second-order valence-electron chi connectivity index (χ2n) is 14.4. The van der Waals surface area contributed by atoms with Crippen LogP contribution in [0, 0.1) is 0 Å². The summed E-state index contributed by atoms with van der Waals surface area (Å²) in [5, 5.41) is 26.3. The lowest BCUT2D eigenvalue weighted by atomic mass is 10.1. The van der Waals surface area contributed by atoms with Gasteiger partial charge in [0.25, 0.3) is 21.3 Å². The topological polar surface area (TPSA) is 266 Å². The standard InChI is InChI=1S/C36H43N13O8S4/c1-44-10-12-45(19-28(50)18-24-2-4-25(5-3-24)29-20-48-34(39-29)58-33(41-48)43-60(54)55)14-16-47(23-32(52)53)17-15-46(13-11-44)22-31(51)38-27-8-6-26(7-9-27)30-21-49-35(40-30)59-36(42-49)61(37,56)57/h2-9,20-21H,10-19,22-23H2,1H3,(H,38,51)(H,41,43)(H,52,53)(H,54,55)(H2,37,56,57). The number of aliphatic carboxylic acids is 1. The number of carboxylic acids is 1. The number of nitrogens with zero attached hydrogens (tertiary/aromatic N) is 10. The van der Waals surface area contributed by atoms with Crippen molar-refractivity contribution in [3.05, 3.63) is 66.5 Å². The Morgan fingerprint density at radius 2 is 1.30 bits per heavy atom. The van der Waals surface area contributed by atoms with Gasteiger partial charge in [-0.2, -0.15) is 0 Å². The van der Waals surface area contributed by atoms with Crippen molar-refractivity contribution in [1.29, 1.82) is 0 Å². The van der Waals surface area contributed by atoms with E-state index in [1.54, 1.807) is 36.7 Å². The summed E-state index contributed by atoms with van der Waals surface area (Å²) in [5.41, 5.74) is 4.26. The quantitative estimate of drug-likeness (QED) is 0.0959. The summed E-state index contributed by atoms with van der Waals surface area (Å²) < 4.78 is 48.2. The van der Waals surface area contributed by atoms with Gasteiger partial charge in [-0.3, -0.25) is 38.4 Å². The zero-order chi connectivity index (χ0) is 43.3. The number of nitrogens with two attached hydrogens (primary N) is 1. The van der Waals surface area contributed by atoms with Crippen molar-refractivity contribution in [2.75, 3.05) is 89.1 Å². The Hall–Kier alpha value is -5.09. The SMILES string of the molecule is CN1CCN(CC(=O)Cc2ccc(-c3cn4nc(NS(=O)O)sc4n3)cc2)CCN(CC(=O)O)CCN(CC(=O)Nc2ccc(-c3cn4nc(S(N)(=O)=O)sc4n3)cc2)CC1. The van der Waals surface area contributed by atoms with Crippen LogP contribution in [0.5, 0.6) is 0 Å². The molecule has 61 heavy (non-hydrogen) atoms. The van der Waals surface area contributed by atoms with Crippen molar-refractivity contribution in [2.24, 2.45) is 5.14 Å². The molecule has 7 rings (SSSR count). The van der Waals surface area contributed by atoms with Gasteiger partial charge in [0.2, 0.25) is 25.3 Å². The molecule has 0 radical (unpaired) electrons. The van der Waals surface area contributed by atoms with Crippen molar-refractivity contribution in [3.63, 3.8) is 0 Å². The van der Waals surface area contributed by atoms with E-state index in [1.807, 2.05) is 41.1 Å². The first kappa shape index (κ1) is 44.0. The average molecular weight is 914 g/mol. The maximum Gasteiger partial charge on any atom is 0.317 e. The Kier molecular flexibility index (Phi) is 13.9. The van der Waals surface area contributed by atoms with Crippen molar-refractivity contribution >= 4 is 82.4 Å². The molecule has 1 fully saturated rings. The predicted octanol–water partition coefficient (Wildman–Crippen LogP) is 1.11. The van der Waals surface area contributed by atoms with Gasteiger partial charge in [-0.15, -0.1) is 10.2 Å². The van der Waals surface area contributed by atoms with Crippen LogP contribution in [-0.4, -0.2) is 168 Å². The molecule has 1 aliphatic heterocycles. The Bertz CT molecular complexity index is 2580. The molecule has 0 spiro atoms. The molecule has 324 valence electrons. The second-order valence-corrected chi connectivity index (χ2v) is 18.8. The molecule has 1 atom stereocenters. The van der Waals surface area contributed by atoms with Gasteiger partial charge in [-0.25, -0.2) is 36.8 Å². The summed E-state index contributed by atoms with van der Waals surface area (Å²) in [5.74, 6) is -1.15. The van der Waals surface area contributed by atoms with Crippen LogP contribution in [0.15, 0.2) is 65.3 Å². The van der Waals surface area contributed by atoms with Gasteiger partial charge in [-0.05, 0) is 24.7 Å². The number of anilines is 2. The lowest BCUT2D eigenvalue weighted by Gasteiger charge is -2.32. The van der Waals surface area contributed by atoms with Gasteiger partial charge in [0.05, 0.1) is 43.4 Å². The fourth-order valence-corrected chi connectivity index (χ4v) is 9.36. The highest BCUT2D eigenvalue weighted by Gasteiger charge is 2.21. The third-order valence-electron chi connectivity index (χ3n) is 9.79. The number of fused-ring (bicyclic) bond motifs is 2. The molecule has 0 bridgehead atoms. The van der Waals surface area contributed by atoms with Gasteiger partial charge in [0, 0.05) is 75.6 Å². The van der Waals surface area contributed by atoms with Crippen LogP contribution in [0.2, 0.25) is 0 Å². The minimum Gasteiger partial charge on any atom is -0.480 e. The number of imidazole rings is 2. The molecule has 2 aromatic carbocycles. The van der Waals surface area contributed by atoms with E-state index in [-0.39, 0.29) is 47.2 Å². The first-order chi connectivity index (χ1) is 29.1. The number of Topliss-reactive ketones (excluding diaryl/α,β-unsaturated/α-hetero) is 1. The monoisotopic (exact) mass is 913 g/mol. The molecular formula is C36H43N13O8S4. The number of carbonyl (C=O) groups excluding carboxylic acids is 2. The number of nitrogens with one attached hydrogen (secondary N) is 2. The summed E-state index contributed by atoms with van der Waals surface area (Å²) in [6, 6.07) is 14.6. The number of aromatic nitrogens is 6. The molecule has 21 nitrogen and oxygen atoms in total. The van der Waals surface area contributed by atoms with Gasteiger partial charge >= 0.3 is 5.97 Å². The van der Waals surface area contributed by atoms with Crippen LogP contribution >= 0.6 is 22.7 Å². The Morgan fingerprint density at radius 1 is 0.770 bits per heavy atom. The molecule has 0 saturated carbocycles. The average Bonchev–Trinajstić information content (AvgIpc) is 3.97. The van der Waals surface area contributed by atoms with E-state index < -0.39 is 27.3 Å². The number of primary sulfonamides is 1. The van der Waals surface area contributed by atoms with Crippen molar-refractivity contribution in [3.8, 4) is 22.5 Å². The second kappa shape index (κ2) is 19.3. The van der Waals surface area contributed by atoms with Gasteiger partial charge in [0.1, 0.15) is 0 Å². The van der Waals surface area contributed by atoms with Gasteiger partial charge in [-0.1, -0.05) is 59.1 Å². The van der Waals surface area contributed by atoms with Crippen LogP contribution < -0.4 is 15.2 Å². The molecule has 0 aliphatic carbocycles. The largest absolute Gasteiger partial charge is 0.480 e. The molecule has 4 aromatic heterocycles. The number of carboxylic acid groups (broad SMARTS) is 1. The van der Waals surface area contributed by atoms with E-state index in [9.17, 15) is 32.1 Å². The Morgan fingerprint density at radius 3 is 1.84 bits per heavy atom. The van der Waals surface area contributed by atoms with Crippen LogP contribution in [0.4, 0.5) is 10.8 Å². The van der Waals surface area contributed by atoms with Crippen LogP contribution in [0.1, 0.15) is 5.56 Å². The van der Waals surface area contributed by atoms with E-state index in [1.165, 1.54) is 9.03 Å². The number of hydrogen-bond acceptors (Lipinski definition) is 16. The summed E-state index contributed by atoms with van der Waals surface area (Å²) in [4.78, 5) is 56.4. The number of benzene rings is 2. The zero-order valence-electron chi connectivity index (χ0n) is 32.8. The fourth-order valence-electron chi connectivity index (χ4n) is 6.65.